The second-order valence-corrected chi connectivity index (χ2v) is 8.62. The number of likely N-dealkylation sites (tertiary alicyclic amines) is 1. The highest BCUT2D eigenvalue weighted by molar-refractivity contribution is 6.07. The molecule has 188 valence electrons. The number of para-hydroxylation sites is 1. The Morgan fingerprint density at radius 3 is 2.35 bits per heavy atom. The van der Waals surface area contributed by atoms with Crippen LogP contribution in [-0.2, 0) is 0 Å². The van der Waals surface area contributed by atoms with Gasteiger partial charge in [0.1, 0.15) is 5.52 Å². The SMILES string of the molecule is NC(=O)c1cccc2[nH]c(NC(=O)c3ccc(C(=O)N4CCC(Nc5ncc(F)cn5)CC4)cc3)nc12. The minimum atomic E-state index is -0.613. The van der Waals surface area contributed by atoms with Gasteiger partial charge in [0.2, 0.25) is 11.9 Å². The van der Waals surface area contributed by atoms with Crippen LogP contribution in [0.5, 0.6) is 0 Å². The number of rotatable bonds is 6. The molecule has 1 fully saturated rings. The van der Waals surface area contributed by atoms with Crippen LogP contribution >= 0.6 is 0 Å². The van der Waals surface area contributed by atoms with E-state index in [2.05, 4.69) is 30.6 Å². The van der Waals surface area contributed by atoms with Gasteiger partial charge >= 0.3 is 0 Å². The topological polar surface area (TPSA) is 159 Å². The van der Waals surface area contributed by atoms with Crippen molar-refractivity contribution in [2.45, 2.75) is 18.9 Å². The van der Waals surface area contributed by atoms with E-state index in [1.165, 1.54) is 0 Å². The number of nitrogens with one attached hydrogen (secondary N) is 3. The number of anilines is 2. The summed E-state index contributed by atoms with van der Waals surface area (Å²) in [6.07, 6.45) is 3.60. The number of nitrogens with zero attached hydrogens (tertiary/aromatic N) is 4. The van der Waals surface area contributed by atoms with Gasteiger partial charge in [-0.05, 0) is 49.2 Å². The van der Waals surface area contributed by atoms with Crippen molar-refractivity contribution in [2.75, 3.05) is 23.7 Å². The number of hydrogen-bond acceptors (Lipinski definition) is 7. The molecule has 37 heavy (non-hydrogen) atoms. The number of benzene rings is 2. The number of carbonyl (C=O) groups excluding carboxylic acids is 3. The Labute approximate surface area is 210 Å². The quantitative estimate of drug-likeness (QED) is 0.315. The predicted octanol–water partition coefficient (Wildman–Crippen LogP) is 2.56. The number of halogens is 1. The van der Waals surface area contributed by atoms with Crippen LogP contribution in [0.3, 0.4) is 0 Å². The fraction of sp³-hybridized carbons (Fsp3) is 0.200. The summed E-state index contributed by atoms with van der Waals surface area (Å²) in [5.74, 6) is -1.12. The number of H-pyrrole nitrogens is 1. The standard InChI is InChI=1S/C25H23FN8O3/c26-16-12-28-24(29-13-16)30-17-8-10-34(11-9-17)23(37)15-6-4-14(5-7-15)22(36)33-25-31-19-3-1-2-18(21(27)35)20(19)32-25/h1-7,12-13,17H,8-11H2,(H2,27,35)(H,28,29,30)(H2,31,32,33,36). The fourth-order valence-corrected chi connectivity index (χ4v) is 4.21. The number of hydrogen-bond donors (Lipinski definition) is 4. The van der Waals surface area contributed by atoms with Gasteiger partial charge in [0, 0.05) is 30.3 Å². The number of carbonyl (C=O) groups is 3. The highest BCUT2D eigenvalue weighted by Crippen LogP contribution is 2.20. The summed E-state index contributed by atoms with van der Waals surface area (Å²) in [4.78, 5) is 54.0. The minimum absolute atomic E-state index is 0.0814. The molecule has 0 saturated carbocycles. The fourth-order valence-electron chi connectivity index (χ4n) is 4.21. The first-order valence-corrected chi connectivity index (χ1v) is 11.6. The lowest BCUT2D eigenvalue weighted by Gasteiger charge is -2.32. The van der Waals surface area contributed by atoms with E-state index < -0.39 is 17.6 Å². The van der Waals surface area contributed by atoms with Gasteiger partial charge in [-0.25, -0.2) is 19.3 Å². The van der Waals surface area contributed by atoms with Crippen molar-refractivity contribution in [1.82, 2.24) is 24.8 Å². The molecule has 1 aliphatic heterocycles. The second-order valence-electron chi connectivity index (χ2n) is 8.62. The summed E-state index contributed by atoms with van der Waals surface area (Å²) in [6.45, 7) is 1.08. The monoisotopic (exact) mass is 502 g/mol. The highest BCUT2D eigenvalue weighted by atomic mass is 19.1. The molecule has 2 aromatic heterocycles. The van der Waals surface area contributed by atoms with Gasteiger partial charge in [0.05, 0.1) is 23.5 Å². The summed E-state index contributed by atoms with van der Waals surface area (Å²) < 4.78 is 13.0. The van der Waals surface area contributed by atoms with Crippen molar-refractivity contribution in [3.05, 3.63) is 77.4 Å². The predicted molar refractivity (Wildman–Crippen MR) is 134 cm³/mol. The number of piperidine rings is 1. The molecule has 0 radical (unpaired) electrons. The van der Waals surface area contributed by atoms with E-state index in [4.69, 9.17) is 5.73 Å². The molecular formula is C25H23FN8O3. The Bertz CT molecular complexity index is 1460. The minimum Gasteiger partial charge on any atom is -0.366 e. The molecule has 12 heteroatoms. The van der Waals surface area contributed by atoms with E-state index in [1.54, 1.807) is 47.4 Å². The number of fused-ring (bicyclic) bond motifs is 1. The summed E-state index contributed by atoms with van der Waals surface area (Å²) in [6, 6.07) is 11.4. The van der Waals surface area contributed by atoms with E-state index in [-0.39, 0.29) is 23.5 Å². The number of aromatic amines is 1. The molecule has 4 aromatic rings. The third-order valence-corrected chi connectivity index (χ3v) is 6.14. The first-order valence-electron chi connectivity index (χ1n) is 11.6. The smallest absolute Gasteiger partial charge is 0.257 e. The first-order chi connectivity index (χ1) is 17.9. The maximum atomic E-state index is 13.0. The van der Waals surface area contributed by atoms with Crippen molar-refractivity contribution in [2.24, 2.45) is 5.73 Å². The molecule has 0 atom stereocenters. The lowest BCUT2D eigenvalue weighted by Crippen LogP contribution is -2.42. The average molecular weight is 503 g/mol. The Balaban J connectivity index is 1.18. The molecule has 5 N–H and O–H groups in total. The summed E-state index contributed by atoms with van der Waals surface area (Å²) in [5, 5.41) is 5.82. The molecule has 2 aromatic carbocycles. The van der Waals surface area contributed by atoms with Crippen LogP contribution in [0, 0.1) is 5.82 Å². The van der Waals surface area contributed by atoms with Crippen LogP contribution in [0.2, 0.25) is 0 Å². The molecule has 0 unspecified atom stereocenters. The Morgan fingerprint density at radius 1 is 1.00 bits per heavy atom. The van der Waals surface area contributed by atoms with E-state index in [0.29, 0.717) is 54.0 Å². The van der Waals surface area contributed by atoms with Crippen LogP contribution in [-0.4, -0.2) is 61.7 Å². The molecule has 3 heterocycles. The number of primary amides is 1. The normalized spacial score (nSPS) is 13.9. The molecule has 1 saturated heterocycles. The lowest BCUT2D eigenvalue weighted by atomic mass is 10.0. The van der Waals surface area contributed by atoms with Crippen LogP contribution in [0.1, 0.15) is 43.9 Å². The van der Waals surface area contributed by atoms with Crippen molar-refractivity contribution in [1.29, 1.82) is 0 Å². The zero-order valence-electron chi connectivity index (χ0n) is 19.6. The van der Waals surface area contributed by atoms with Crippen LogP contribution in [0.4, 0.5) is 16.3 Å². The Morgan fingerprint density at radius 2 is 1.68 bits per heavy atom. The zero-order chi connectivity index (χ0) is 25.9. The van der Waals surface area contributed by atoms with Crippen LogP contribution in [0.15, 0.2) is 54.9 Å². The van der Waals surface area contributed by atoms with Gasteiger partial charge in [-0.2, -0.15) is 0 Å². The third kappa shape index (κ3) is 5.22. The maximum Gasteiger partial charge on any atom is 0.257 e. The maximum absolute atomic E-state index is 13.0. The molecule has 5 rings (SSSR count). The average Bonchev–Trinajstić information content (AvgIpc) is 3.32. The van der Waals surface area contributed by atoms with E-state index >= 15 is 0 Å². The molecule has 11 nitrogen and oxygen atoms in total. The number of nitrogens with two attached hydrogens (primary N) is 1. The van der Waals surface area contributed by atoms with Gasteiger partial charge in [0.25, 0.3) is 17.7 Å². The summed E-state index contributed by atoms with van der Waals surface area (Å²) >= 11 is 0. The summed E-state index contributed by atoms with van der Waals surface area (Å²) in [7, 11) is 0. The molecule has 0 bridgehead atoms. The van der Waals surface area contributed by atoms with E-state index in [1.807, 2.05) is 0 Å². The molecule has 3 amide bonds. The van der Waals surface area contributed by atoms with Gasteiger partial charge in [-0.3, -0.25) is 19.7 Å². The van der Waals surface area contributed by atoms with Crippen molar-refractivity contribution < 1.29 is 18.8 Å². The second kappa shape index (κ2) is 10.0. The van der Waals surface area contributed by atoms with Crippen LogP contribution < -0.4 is 16.4 Å². The van der Waals surface area contributed by atoms with E-state index in [0.717, 1.165) is 12.4 Å². The van der Waals surface area contributed by atoms with Crippen LogP contribution in [0.25, 0.3) is 11.0 Å². The molecule has 0 spiro atoms. The summed E-state index contributed by atoms with van der Waals surface area (Å²) in [5.41, 5.74) is 7.39. The highest BCUT2D eigenvalue weighted by Gasteiger charge is 2.24. The first kappa shape index (κ1) is 23.9. The van der Waals surface area contributed by atoms with Crippen molar-refractivity contribution >= 4 is 40.7 Å². The number of imidazole rings is 1. The number of aromatic nitrogens is 4. The molecular weight excluding hydrogens is 479 g/mol. The van der Waals surface area contributed by atoms with Gasteiger partial charge < -0.3 is 20.9 Å². The van der Waals surface area contributed by atoms with E-state index in [9.17, 15) is 18.8 Å². The van der Waals surface area contributed by atoms with Crippen molar-refractivity contribution in [3.63, 3.8) is 0 Å². The van der Waals surface area contributed by atoms with Gasteiger partial charge in [0.15, 0.2) is 5.82 Å². The Hall–Kier alpha value is -4.87. The molecule has 0 aliphatic carbocycles. The Kier molecular flexibility index (Phi) is 6.45. The van der Waals surface area contributed by atoms with Gasteiger partial charge in [-0.15, -0.1) is 0 Å². The number of amides is 3. The zero-order valence-corrected chi connectivity index (χ0v) is 19.6. The largest absolute Gasteiger partial charge is 0.366 e. The van der Waals surface area contributed by atoms with Gasteiger partial charge in [-0.1, -0.05) is 6.07 Å². The van der Waals surface area contributed by atoms with Crippen molar-refractivity contribution in [3.8, 4) is 0 Å². The third-order valence-electron chi connectivity index (χ3n) is 6.14. The lowest BCUT2D eigenvalue weighted by molar-refractivity contribution is 0.0717. The molecule has 1 aliphatic rings.